The van der Waals surface area contributed by atoms with Gasteiger partial charge in [-0.3, -0.25) is 4.90 Å². The van der Waals surface area contributed by atoms with Crippen LogP contribution in [0.5, 0.6) is 0 Å². The molecule has 1 heteroatoms. The van der Waals surface area contributed by atoms with E-state index in [1.165, 1.54) is 38.9 Å². The van der Waals surface area contributed by atoms with Crippen LogP contribution in [0.1, 0.15) is 38.8 Å². The second kappa shape index (κ2) is 9.97. The van der Waals surface area contributed by atoms with Gasteiger partial charge in [0, 0.05) is 12.1 Å². The van der Waals surface area contributed by atoms with Crippen LogP contribution in [0.4, 0.5) is 0 Å². The normalized spacial score (nSPS) is 13.2. The molecule has 0 saturated heterocycles. The standard InChI is InChI=1S/C31H33N/c1-5-23(2)32(4)24(3)26-17-9-11-19-28(26)30-21-13-14-22-31(30)29-20-12-10-18-27(29)25-15-7-6-8-16-25/h6-24H,5H2,1-4H3. The van der Waals surface area contributed by atoms with Crippen molar-refractivity contribution in [3.05, 3.63) is 109 Å². The number of hydrogen-bond acceptors (Lipinski definition) is 1. The molecule has 0 N–H and O–H groups in total. The van der Waals surface area contributed by atoms with Gasteiger partial charge >= 0.3 is 0 Å². The highest BCUT2D eigenvalue weighted by molar-refractivity contribution is 5.92. The van der Waals surface area contributed by atoms with E-state index in [4.69, 9.17) is 0 Å². The molecule has 4 rings (SSSR count). The number of rotatable bonds is 7. The number of nitrogens with zero attached hydrogens (tertiary/aromatic N) is 1. The van der Waals surface area contributed by atoms with E-state index >= 15 is 0 Å². The largest absolute Gasteiger partial charge is 0.297 e. The summed E-state index contributed by atoms with van der Waals surface area (Å²) in [5.41, 5.74) is 9.04. The van der Waals surface area contributed by atoms with Crippen LogP contribution >= 0.6 is 0 Å². The summed E-state index contributed by atoms with van der Waals surface area (Å²) in [5, 5.41) is 0. The first-order chi connectivity index (χ1) is 15.6. The van der Waals surface area contributed by atoms with Crippen LogP contribution in [0.25, 0.3) is 33.4 Å². The van der Waals surface area contributed by atoms with Crippen molar-refractivity contribution in [1.29, 1.82) is 0 Å². The molecule has 0 spiro atoms. The molecule has 32 heavy (non-hydrogen) atoms. The number of benzene rings is 4. The molecule has 0 aliphatic carbocycles. The molecule has 0 saturated carbocycles. The summed E-state index contributed by atoms with van der Waals surface area (Å²) in [6.45, 7) is 6.89. The molecule has 0 aromatic heterocycles. The van der Waals surface area contributed by atoms with Gasteiger partial charge in [-0.05, 0) is 66.3 Å². The third-order valence-electron chi connectivity index (χ3n) is 6.83. The molecule has 4 aromatic rings. The minimum Gasteiger partial charge on any atom is -0.297 e. The molecule has 1 nitrogen and oxygen atoms in total. The molecule has 0 radical (unpaired) electrons. The van der Waals surface area contributed by atoms with Gasteiger partial charge in [-0.25, -0.2) is 0 Å². The fourth-order valence-corrected chi connectivity index (χ4v) is 4.54. The average Bonchev–Trinajstić information content (AvgIpc) is 2.88. The Morgan fingerprint density at radius 3 is 1.59 bits per heavy atom. The van der Waals surface area contributed by atoms with Crippen LogP contribution in [0.3, 0.4) is 0 Å². The minimum absolute atomic E-state index is 0.332. The Kier molecular flexibility index (Phi) is 6.87. The smallest absolute Gasteiger partial charge is 0.0325 e. The molecule has 2 unspecified atom stereocenters. The molecule has 0 amide bonds. The van der Waals surface area contributed by atoms with E-state index in [0.29, 0.717) is 12.1 Å². The van der Waals surface area contributed by atoms with E-state index in [0.717, 1.165) is 6.42 Å². The zero-order valence-electron chi connectivity index (χ0n) is 19.6. The monoisotopic (exact) mass is 419 g/mol. The van der Waals surface area contributed by atoms with Crippen molar-refractivity contribution < 1.29 is 0 Å². The second-order valence-corrected chi connectivity index (χ2v) is 8.64. The topological polar surface area (TPSA) is 3.24 Å². The fraction of sp³-hybridized carbons (Fsp3) is 0.226. The third kappa shape index (κ3) is 4.40. The van der Waals surface area contributed by atoms with Crippen molar-refractivity contribution in [2.24, 2.45) is 0 Å². The van der Waals surface area contributed by atoms with Crippen LogP contribution in [-0.2, 0) is 0 Å². The minimum atomic E-state index is 0.332. The van der Waals surface area contributed by atoms with Gasteiger partial charge in [0.25, 0.3) is 0 Å². The highest BCUT2D eigenvalue weighted by Crippen LogP contribution is 2.40. The lowest BCUT2D eigenvalue weighted by Crippen LogP contribution is -2.31. The van der Waals surface area contributed by atoms with Gasteiger partial charge in [0.05, 0.1) is 0 Å². The van der Waals surface area contributed by atoms with Gasteiger partial charge in [0.2, 0.25) is 0 Å². The molecular weight excluding hydrogens is 386 g/mol. The van der Waals surface area contributed by atoms with Crippen LogP contribution < -0.4 is 0 Å². The molecule has 2 atom stereocenters. The summed E-state index contributed by atoms with van der Waals surface area (Å²) in [7, 11) is 2.24. The SMILES string of the molecule is CCC(C)N(C)C(C)c1ccccc1-c1ccccc1-c1ccccc1-c1ccccc1. The van der Waals surface area contributed by atoms with Crippen molar-refractivity contribution in [2.45, 2.75) is 39.3 Å². The predicted molar refractivity (Wildman–Crippen MR) is 139 cm³/mol. The van der Waals surface area contributed by atoms with E-state index < -0.39 is 0 Å². The Morgan fingerprint density at radius 2 is 1.00 bits per heavy atom. The van der Waals surface area contributed by atoms with Gasteiger partial charge < -0.3 is 0 Å². The van der Waals surface area contributed by atoms with Gasteiger partial charge in [0.1, 0.15) is 0 Å². The van der Waals surface area contributed by atoms with E-state index in [9.17, 15) is 0 Å². The molecule has 0 fully saturated rings. The van der Waals surface area contributed by atoms with Crippen molar-refractivity contribution in [3.63, 3.8) is 0 Å². The zero-order chi connectivity index (χ0) is 22.5. The number of hydrogen-bond donors (Lipinski definition) is 0. The van der Waals surface area contributed by atoms with Crippen LogP contribution in [-0.4, -0.2) is 18.0 Å². The summed E-state index contributed by atoms with van der Waals surface area (Å²) in [5.74, 6) is 0. The summed E-state index contributed by atoms with van der Waals surface area (Å²) in [6.07, 6.45) is 1.14. The molecule has 0 aliphatic heterocycles. The van der Waals surface area contributed by atoms with Gasteiger partial charge in [-0.1, -0.05) is 110 Å². The molecular formula is C31H33N. The maximum atomic E-state index is 2.49. The third-order valence-corrected chi connectivity index (χ3v) is 6.83. The maximum Gasteiger partial charge on any atom is 0.0325 e. The molecule has 0 heterocycles. The van der Waals surface area contributed by atoms with Gasteiger partial charge in [0.15, 0.2) is 0 Å². The lowest BCUT2D eigenvalue weighted by Gasteiger charge is -2.32. The summed E-state index contributed by atoms with van der Waals surface area (Å²) < 4.78 is 0. The lowest BCUT2D eigenvalue weighted by molar-refractivity contribution is 0.193. The molecule has 0 aliphatic rings. The predicted octanol–water partition coefficient (Wildman–Crippen LogP) is 8.48. The first-order valence-corrected chi connectivity index (χ1v) is 11.7. The van der Waals surface area contributed by atoms with Crippen molar-refractivity contribution in [3.8, 4) is 33.4 Å². The Labute approximate surface area is 193 Å². The Hall–Kier alpha value is -3.16. The highest BCUT2D eigenvalue weighted by Gasteiger charge is 2.21. The first kappa shape index (κ1) is 22.0. The molecule has 162 valence electrons. The summed E-state index contributed by atoms with van der Waals surface area (Å²) >= 11 is 0. The van der Waals surface area contributed by atoms with E-state index in [-0.39, 0.29) is 0 Å². The average molecular weight is 420 g/mol. The van der Waals surface area contributed by atoms with Crippen LogP contribution in [0.15, 0.2) is 103 Å². The van der Waals surface area contributed by atoms with Crippen LogP contribution in [0.2, 0.25) is 0 Å². The van der Waals surface area contributed by atoms with E-state index in [1.54, 1.807) is 0 Å². The van der Waals surface area contributed by atoms with Gasteiger partial charge in [-0.2, -0.15) is 0 Å². The van der Waals surface area contributed by atoms with Crippen molar-refractivity contribution in [2.75, 3.05) is 7.05 Å². The Balaban J connectivity index is 1.87. The summed E-state index contributed by atoms with van der Waals surface area (Å²) in [4.78, 5) is 2.49. The fourth-order valence-electron chi connectivity index (χ4n) is 4.54. The first-order valence-electron chi connectivity index (χ1n) is 11.7. The molecule has 4 aromatic carbocycles. The maximum absolute atomic E-state index is 2.49. The Bertz CT molecular complexity index is 1160. The van der Waals surface area contributed by atoms with E-state index in [2.05, 4.69) is 136 Å². The van der Waals surface area contributed by atoms with Crippen molar-refractivity contribution >= 4 is 0 Å². The second-order valence-electron chi connectivity index (χ2n) is 8.64. The molecule has 0 bridgehead atoms. The Morgan fingerprint density at radius 1 is 0.562 bits per heavy atom. The lowest BCUT2D eigenvalue weighted by atomic mass is 9.86. The highest BCUT2D eigenvalue weighted by atomic mass is 15.1. The summed E-state index contributed by atoms with van der Waals surface area (Å²) in [6, 6.07) is 38.0. The van der Waals surface area contributed by atoms with Crippen molar-refractivity contribution in [1.82, 2.24) is 4.90 Å². The zero-order valence-corrected chi connectivity index (χ0v) is 19.6. The van der Waals surface area contributed by atoms with Gasteiger partial charge in [-0.15, -0.1) is 0 Å². The van der Waals surface area contributed by atoms with Crippen LogP contribution in [0, 0.1) is 0 Å². The quantitative estimate of drug-likeness (QED) is 0.290. The van der Waals surface area contributed by atoms with E-state index in [1.807, 2.05) is 0 Å².